The second kappa shape index (κ2) is 11.0. The van der Waals surface area contributed by atoms with Gasteiger partial charge in [0.25, 0.3) is 5.91 Å². The first-order valence-electron chi connectivity index (χ1n) is 10.0. The van der Waals surface area contributed by atoms with Crippen molar-refractivity contribution in [2.24, 2.45) is 0 Å². The van der Waals surface area contributed by atoms with Crippen LogP contribution in [-0.4, -0.2) is 53.8 Å². The van der Waals surface area contributed by atoms with Crippen LogP contribution in [0.25, 0.3) is 11.1 Å². The maximum absolute atomic E-state index is 13.0. The third kappa shape index (κ3) is 5.91. The topological polar surface area (TPSA) is 69.7 Å². The first kappa shape index (κ1) is 22.1. The molecule has 0 aliphatic rings. The van der Waals surface area contributed by atoms with E-state index in [2.05, 4.69) is 5.32 Å². The molecule has 6 nitrogen and oxygen atoms in total. The molecule has 0 heterocycles. The monoisotopic (exact) mass is 395 g/mol. The van der Waals surface area contributed by atoms with Crippen molar-refractivity contribution in [2.45, 2.75) is 27.2 Å². The average Bonchev–Trinajstić information content (AvgIpc) is 2.77. The summed E-state index contributed by atoms with van der Waals surface area (Å²) in [6, 6.07) is 16.4. The normalized spacial score (nSPS) is 10.3. The van der Waals surface area contributed by atoms with Gasteiger partial charge in [0.05, 0.1) is 6.54 Å². The van der Waals surface area contributed by atoms with Crippen molar-refractivity contribution in [3.8, 4) is 11.1 Å². The van der Waals surface area contributed by atoms with Crippen LogP contribution >= 0.6 is 0 Å². The standard InChI is InChI=1S/C23H29N3O3/c1-4-15-26(23(29)24-17-21(27)25(5-2)6-3)22(28)20-14-10-13-19(16-20)18-11-8-7-9-12-18/h7-14,16H,4-6,15,17H2,1-3H3,(H,24,29). The zero-order valence-electron chi connectivity index (χ0n) is 17.4. The van der Waals surface area contributed by atoms with Gasteiger partial charge in [-0.3, -0.25) is 14.5 Å². The summed E-state index contributed by atoms with van der Waals surface area (Å²) in [5.74, 6) is -0.546. The van der Waals surface area contributed by atoms with Gasteiger partial charge in [-0.25, -0.2) is 4.79 Å². The Labute approximate surface area is 172 Å². The Balaban J connectivity index is 2.14. The number of amides is 4. The number of nitrogens with one attached hydrogen (secondary N) is 1. The van der Waals surface area contributed by atoms with E-state index in [0.29, 0.717) is 25.1 Å². The fourth-order valence-corrected chi connectivity index (χ4v) is 3.07. The molecule has 29 heavy (non-hydrogen) atoms. The molecule has 0 unspecified atom stereocenters. The number of hydrogen-bond donors (Lipinski definition) is 1. The number of likely N-dealkylation sites (N-methyl/N-ethyl adjacent to an activating group) is 1. The van der Waals surface area contributed by atoms with Gasteiger partial charge in [0.15, 0.2) is 0 Å². The van der Waals surface area contributed by atoms with Gasteiger partial charge in [0.1, 0.15) is 0 Å². The summed E-state index contributed by atoms with van der Waals surface area (Å²) in [5, 5.41) is 2.59. The third-order valence-electron chi connectivity index (χ3n) is 4.66. The van der Waals surface area contributed by atoms with Gasteiger partial charge in [0, 0.05) is 25.2 Å². The molecule has 0 aliphatic heterocycles. The molecule has 0 saturated heterocycles. The minimum Gasteiger partial charge on any atom is -0.342 e. The number of nitrogens with zero attached hydrogens (tertiary/aromatic N) is 2. The Morgan fingerprint density at radius 2 is 1.52 bits per heavy atom. The molecule has 2 rings (SSSR count). The number of imide groups is 1. The highest BCUT2D eigenvalue weighted by atomic mass is 16.2. The van der Waals surface area contributed by atoms with Crippen molar-refractivity contribution in [3.63, 3.8) is 0 Å². The van der Waals surface area contributed by atoms with Crippen LogP contribution < -0.4 is 5.32 Å². The van der Waals surface area contributed by atoms with Gasteiger partial charge in [-0.15, -0.1) is 0 Å². The quantitative estimate of drug-likeness (QED) is 0.739. The van der Waals surface area contributed by atoms with E-state index in [1.165, 1.54) is 4.90 Å². The van der Waals surface area contributed by atoms with Gasteiger partial charge in [0.2, 0.25) is 5.91 Å². The zero-order valence-corrected chi connectivity index (χ0v) is 17.4. The van der Waals surface area contributed by atoms with E-state index in [9.17, 15) is 14.4 Å². The van der Waals surface area contributed by atoms with Crippen LogP contribution in [0.5, 0.6) is 0 Å². The molecular formula is C23H29N3O3. The summed E-state index contributed by atoms with van der Waals surface area (Å²) in [7, 11) is 0. The molecule has 6 heteroatoms. The molecule has 0 atom stereocenters. The van der Waals surface area contributed by atoms with Crippen LogP contribution in [0.4, 0.5) is 4.79 Å². The van der Waals surface area contributed by atoms with E-state index in [-0.39, 0.29) is 24.9 Å². The molecule has 1 N–H and O–H groups in total. The first-order valence-corrected chi connectivity index (χ1v) is 10.0. The largest absolute Gasteiger partial charge is 0.342 e. The minimum atomic E-state index is -0.553. The molecule has 0 aliphatic carbocycles. The predicted molar refractivity (Wildman–Crippen MR) is 115 cm³/mol. The van der Waals surface area contributed by atoms with Gasteiger partial charge >= 0.3 is 6.03 Å². The summed E-state index contributed by atoms with van der Waals surface area (Å²) in [4.78, 5) is 40.6. The predicted octanol–water partition coefficient (Wildman–Crippen LogP) is 3.78. The summed E-state index contributed by atoms with van der Waals surface area (Å²) in [6.07, 6.45) is 0.627. The maximum atomic E-state index is 13.0. The Morgan fingerprint density at radius 3 is 2.14 bits per heavy atom. The number of carbonyl (C=O) groups excluding carboxylic acids is 3. The fraction of sp³-hybridized carbons (Fsp3) is 0.348. The van der Waals surface area contributed by atoms with Gasteiger partial charge in [-0.1, -0.05) is 49.4 Å². The number of benzene rings is 2. The van der Waals surface area contributed by atoms with E-state index >= 15 is 0 Å². The van der Waals surface area contributed by atoms with Crippen molar-refractivity contribution >= 4 is 17.8 Å². The van der Waals surface area contributed by atoms with Crippen molar-refractivity contribution in [1.82, 2.24) is 15.1 Å². The Morgan fingerprint density at radius 1 is 0.862 bits per heavy atom. The maximum Gasteiger partial charge on any atom is 0.324 e. The van der Waals surface area contributed by atoms with Crippen molar-refractivity contribution in [3.05, 3.63) is 60.2 Å². The first-order chi connectivity index (χ1) is 14.0. The average molecular weight is 396 g/mol. The minimum absolute atomic E-state index is 0.127. The van der Waals surface area contributed by atoms with Crippen molar-refractivity contribution in [1.29, 1.82) is 0 Å². The highest BCUT2D eigenvalue weighted by Gasteiger charge is 2.23. The molecule has 0 radical (unpaired) electrons. The van der Waals surface area contributed by atoms with Crippen LogP contribution in [0.2, 0.25) is 0 Å². The van der Waals surface area contributed by atoms with Crippen LogP contribution in [0.3, 0.4) is 0 Å². The van der Waals surface area contributed by atoms with Crippen LogP contribution in [0.15, 0.2) is 54.6 Å². The summed E-state index contributed by atoms with van der Waals surface area (Å²) < 4.78 is 0. The van der Waals surface area contributed by atoms with E-state index in [1.54, 1.807) is 17.0 Å². The molecule has 2 aromatic rings. The second-order valence-corrected chi connectivity index (χ2v) is 6.63. The van der Waals surface area contributed by atoms with Crippen molar-refractivity contribution in [2.75, 3.05) is 26.2 Å². The second-order valence-electron chi connectivity index (χ2n) is 6.63. The Kier molecular flexibility index (Phi) is 8.40. The van der Waals surface area contributed by atoms with Crippen molar-refractivity contribution < 1.29 is 14.4 Å². The highest BCUT2D eigenvalue weighted by molar-refractivity contribution is 6.05. The smallest absolute Gasteiger partial charge is 0.324 e. The van der Waals surface area contributed by atoms with Crippen LogP contribution in [0.1, 0.15) is 37.6 Å². The molecular weight excluding hydrogens is 366 g/mol. The third-order valence-corrected chi connectivity index (χ3v) is 4.66. The SMILES string of the molecule is CCCN(C(=O)NCC(=O)N(CC)CC)C(=O)c1cccc(-c2ccccc2)c1. The summed E-state index contributed by atoms with van der Waals surface area (Å²) >= 11 is 0. The highest BCUT2D eigenvalue weighted by Crippen LogP contribution is 2.21. The number of rotatable bonds is 8. The lowest BCUT2D eigenvalue weighted by atomic mass is 10.0. The van der Waals surface area contributed by atoms with Crippen LogP contribution in [0, 0.1) is 0 Å². The summed E-state index contributed by atoms with van der Waals surface area (Å²) in [6.45, 7) is 6.97. The lowest BCUT2D eigenvalue weighted by Gasteiger charge is -2.23. The molecule has 2 aromatic carbocycles. The van der Waals surface area contributed by atoms with E-state index in [4.69, 9.17) is 0 Å². The Bertz CT molecular complexity index is 832. The molecule has 4 amide bonds. The van der Waals surface area contributed by atoms with Crippen LogP contribution in [-0.2, 0) is 4.79 Å². The van der Waals surface area contributed by atoms with E-state index in [0.717, 1.165) is 11.1 Å². The van der Waals surface area contributed by atoms with Gasteiger partial charge in [-0.05, 0) is 43.5 Å². The Hall–Kier alpha value is -3.15. The molecule has 0 fully saturated rings. The molecule has 0 spiro atoms. The summed E-state index contributed by atoms with van der Waals surface area (Å²) in [5.41, 5.74) is 2.34. The lowest BCUT2D eigenvalue weighted by molar-refractivity contribution is -0.129. The number of hydrogen-bond acceptors (Lipinski definition) is 3. The van der Waals surface area contributed by atoms with Gasteiger partial charge < -0.3 is 10.2 Å². The molecule has 0 aromatic heterocycles. The fourth-order valence-electron chi connectivity index (χ4n) is 3.07. The number of urea groups is 1. The van der Waals surface area contributed by atoms with Gasteiger partial charge in [-0.2, -0.15) is 0 Å². The molecule has 0 bridgehead atoms. The van der Waals surface area contributed by atoms with E-state index in [1.807, 2.05) is 63.2 Å². The zero-order chi connectivity index (χ0) is 21.2. The number of carbonyl (C=O) groups is 3. The lowest BCUT2D eigenvalue weighted by Crippen LogP contribution is -2.48. The molecule has 154 valence electrons. The van der Waals surface area contributed by atoms with E-state index < -0.39 is 6.03 Å². The molecule has 0 saturated carbocycles.